The number of hydrogen-bond donors (Lipinski definition) is 3. The van der Waals surface area contributed by atoms with Gasteiger partial charge in [-0.3, -0.25) is 14.9 Å². The summed E-state index contributed by atoms with van der Waals surface area (Å²) in [4.78, 5) is 24.3. The summed E-state index contributed by atoms with van der Waals surface area (Å²) >= 11 is 0. The zero-order valence-electron chi connectivity index (χ0n) is 18.5. The summed E-state index contributed by atoms with van der Waals surface area (Å²) in [6.45, 7) is -0.153. The fraction of sp³-hybridized carbons (Fsp3) is 0.571. The molecule has 0 bridgehead atoms. The second-order valence-corrected chi connectivity index (χ2v) is 10.8. The minimum atomic E-state index is -4.95. The smallest absolute Gasteiger partial charge is 0.369 e. The molecule has 2 atom stereocenters. The maximum Gasteiger partial charge on any atom is 0.407 e. The largest absolute Gasteiger partial charge is 0.407 e. The molecular formula is C21H25F4N5O4S. The third kappa shape index (κ3) is 6.68. The molecule has 1 aliphatic carbocycles. The highest BCUT2D eigenvalue weighted by Gasteiger charge is 2.48. The topological polar surface area (TPSA) is 145 Å². The van der Waals surface area contributed by atoms with Crippen LogP contribution in [0.2, 0.25) is 0 Å². The molecule has 1 heterocycles. The summed E-state index contributed by atoms with van der Waals surface area (Å²) in [6, 6.07) is 0.924. The highest BCUT2D eigenvalue weighted by Crippen LogP contribution is 2.36. The Morgan fingerprint density at radius 3 is 2.23 bits per heavy atom. The Morgan fingerprint density at radius 2 is 1.77 bits per heavy atom. The number of nitriles is 1. The first-order valence-electron chi connectivity index (χ1n) is 10.8. The van der Waals surface area contributed by atoms with E-state index in [0.29, 0.717) is 0 Å². The Morgan fingerprint density at radius 1 is 1.20 bits per heavy atom. The molecule has 1 aliphatic heterocycles. The van der Waals surface area contributed by atoms with E-state index >= 15 is 0 Å². The number of nitrogens with one attached hydrogen (secondary N) is 2. The van der Waals surface area contributed by atoms with Crippen molar-refractivity contribution in [3.63, 3.8) is 0 Å². The maximum atomic E-state index is 13.9. The van der Waals surface area contributed by atoms with Crippen molar-refractivity contribution in [2.75, 3.05) is 18.8 Å². The van der Waals surface area contributed by atoms with E-state index in [9.17, 15) is 40.8 Å². The molecule has 2 amide bonds. The highest BCUT2D eigenvalue weighted by atomic mass is 32.2. The number of primary amides is 1. The summed E-state index contributed by atoms with van der Waals surface area (Å²) in [7, 11) is -4.25. The molecule has 1 aromatic carbocycles. The molecule has 9 nitrogen and oxygen atoms in total. The SMILES string of the molecule is N#CC1(NC(=O)[C@H](CS(=O)(=O)N2CCC(C(N)=O)CC2)N[C@@H](c2ccc(F)cc2)C(F)(F)F)CC1. The first-order valence-corrected chi connectivity index (χ1v) is 12.5. The van der Waals surface area contributed by atoms with Crippen LogP contribution in [0, 0.1) is 23.1 Å². The number of benzene rings is 1. The minimum absolute atomic E-state index is 0.0763. The number of carbonyl (C=O) groups excluding carboxylic acids is 2. The molecule has 2 fully saturated rings. The standard InChI is InChI=1S/C21H25F4N5O4S/c22-15-3-1-13(2-4-15)17(21(23,24)25)28-16(19(32)29-20(12-26)7-8-20)11-35(33,34)30-9-5-14(6-10-30)18(27)31/h1-4,14,16-17,28H,5-11H2,(H2,27,31)(H,29,32)/t16-,17-/m0/s1. The second-order valence-electron chi connectivity index (χ2n) is 8.78. The van der Waals surface area contributed by atoms with Gasteiger partial charge in [0.1, 0.15) is 23.4 Å². The van der Waals surface area contributed by atoms with Gasteiger partial charge in [0.15, 0.2) is 0 Å². The summed E-state index contributed by atoms with van der Waals surface area (Å²) < 4.78 is 82.1. The number of halogens is 4. The van der Waals surface area contributed by atoms with E-state index in [1.54, 1.807) is 0 Å². The van der Waals surface area contributed by atoms with E-state index in [4.69, 9.17) is 5.73 Å². The average Bonchev–Trinajstić information content (AvgIpc) is 3.56. The van der Waals surface area contributed by atoms with Crippen LogP contribution in [0.1, 0.15) is 37.3 Å². The van der Waals surface area contributed by atoms with Crippen molar-refractivity contribution >= 4 is 21.8 Å². The first-order chi connectivity index (χ1) is 16.3. The molecule has 192 valence electrons. The number of nitrogens with zero attached hydrogens (tertiary/aromatic N) is 2. The van der Waals surface area contributed by atoms with Crippen LogP contribution in [0.15, 0.2) is 24.3 Å². The Hall–Kier alpha value is -2.76. The van der Waals surface area contributed by atoms with Crippen molar-refractivity contribution in [3.05, 3.63) is 35.6 Å². The molecular weight excluding hydrogens is 494 g/mol. The van der Waals surface area contributed by atoms with Crippen molar-refractivity contribution in [1.82, 2.24) is 14.9 Å². The number of hydrogen-bond acceptors (Lipinski definition) is 6. The lowest BCUT2D eigenvalue weighted by molar-refractivity contribution is -0.160. The molecule has 0 aromatic heterocycles. The molecule has 1 saturated carbocycles. The number of carbonyl (C=O) groups is 2. The Labute approximate surface area is 199 Å². The lowest BCUT2D eigenvalue weighted by atomic mass is 9.98. The third-order valence-corrected chi connectivity index (χ3v) is 8.07. The monoisotopic (exact) mass is 519 g/mol. The van der Waals surface area contributed by atoms with Gasteiger partial charge in [-0.1, -0.05) is 12.1 Å². The van der Waals surface area contributed by atoms with Gasteiger partial charge in [-0.05, 0) is 43.4 Å². The van der Waals surface area contributed by atoms with Gasteiger partial charge in [0.2, 0.25) is 21.8 Å². The van der Waals surface area contributed by atoms with Crippen LogP contribution in [-0.2, 0) is 19.6 Å². The van der Waals surface area contributed by atoms with Crippen molar-refractivity contribution in [2.45, 2.75) is 49.5 Å². The van der Waals surface area contributed by atoms with Crippen molar-refractivity contribution in [1.29, 1.82) is 5.26 Å². The van der Waals surface area contributed by atoms with E-state index in [0.717, 1.165) is 28.6 Å². The Balaban J connectivity index is 1.85. The van der Waals surface area contributed by atoms with Crippen molar-refractivity contribution in [2.24, 2.45) is 11.7 Å². The minimum Gasteiger partial charge on any atom is -0.369 e. The van der Waals surface area contributed by atoms with Crippen LogP contribution in [0.4, 0.5) is 17.6 Å². The number of alkyl halides is 3. The number of sulfonamides is 1. The number of amides is 2. The van der Waals surface area contributed by atoms with Crippen LogP contribution < -0.4 is 16.4 Å². The molecule has 1 saturated heterocycles. The van der Waals surface area contributed by atoms with Crippen LogP contribution in [0.5, 0.6) is 0 Å². The van der Waals surface area contributed by atoms with Gasteiger partial charge in [0, 0.05) is 19.0 Å². The number of piperidine rings is 1. The highest BCUT2D eigenvalue weighted by molar-refractivity contribution is 7.89. The van der Waals surface area contributed by atoms with Gasteiger partial charge in [-0.25, -0.2) is 17.1 Å². The predicted molar refractivity (Wildman–Crippen MR) is 115 cm³/mol. The first kappa shape index (κ1) is 26.8. The molecule has 2 aliphatic rings. The molecule has 4 N–H and O–H groups in total. The average molecular weight is 520 g/mol. The van der Waals surface area contributed by atoms with E-state index in [-0.39, 0.29) is 38.8 Å². The fourth-order valence-electron chi connectivity index (χ4n) is 3.88. The number of nitrogens with two attached hydrogens (primary N) is 1. The van der Waals surface area contributed by atoms with E-state index < -0.39 is 68.7 Å². The maximum absolute atomic E-state index is 13.9. The van der Waals surface area contributed by atoms with Crippen LogP contribution in [0.25, 0.3) is 0 Å². The lowest BCUT2D eigenvalue weighted by Gasteiger charge is -2.32. The lowest BCUT2D eigenvalue weighted by Crippen LogP contribution is -2.56. The summed E-state index contributed by atoms with van der Waals surface area (Å²) in [5.41, 5.74) is 3.59. The second kappa shape index (κ2) is 10.1. The van der Waals surface area contributed by atoms with Crippen molar-refractivity contribution in [3.8, 4) is 6.07 Å². The normalized spacial score (nSPS) is 20.4. The molecule has 3 rings (SSSR count). The van der Waals surface area contributed by atoms with E-state index in [1.165, 1.54) is 0 Å². The summed E-state index contributed by atoms with van der Waals surface area (Å²) in [6.07, 6.45) is -4.08. The summed E-state index contributed by atoms with van der Waals surface area (Å²) in [5.74, 6) is -3.95. The Kier molecular flexibility index (Phi) is 7.73. The van der Waals surface area contributed by atoms with Gasteiger partial charge in [-0.2, -0.15) is 18.4 Å². The van der Waals surface area contributed by atoms with Gasteiger partial charge < -0.3 is 11.1 Å². The zero-order valence-corrected chi connectivity index (χ0v) is 19.3. The van der Waals surface area contributed by atoms with E-state index in [2.05, 4.69) is 10.6 Å². The van der Waals surface area contributed by atoms with Crippen LogP contribution in [0.3, 0.4) is 0 Å². The van der Waals surface area contributed by atoms with Crippen LogP contribution >= 0.6 is 0 Å². The third-order valence-electron chi connectivity index (χ3n) is 6.17. The van der Waals surface area contributed by atoms with Gasteiger partial charge in [-0.15, -0.1) is 0 Å². The fourth-order valence-corrected chi connectivity index (χ4v) is 5.53. The quantitative estimate of drug-likeness (QED) is 0.417. The molecule has 0 unspecified atom stereocenters. The molecule has 1 aromatic rings. The number of rotatable bonds is 9. The van der Waals surface area contributed by atoms with E-state index in [1.807, 2.05) is 6.07 Å². The molecule has 0 radical (unpaired) electrons. The zero-order chi connectivity index (χ0) is 26.0. The van der Waals surface area contributed by atoms with Gasteiger partial charge >= 0.3 is 6.18 Å². The van der Waals surface area contributed by atoms with Crippen LogP contribution in [-0.4, -0.2) is 61.1 Å². The van der Waals surface area contributed by atoms with Gasteiger partial charge in [0.05, 0.1) is 11.8 Å². The predicted octanol–water partition coefficient (Wildman–Crippen LogP) is 1.09. The van der Waals surface area contributed by atoms with Gasteiger partial charge in [0.25, 0.3) is 0 Å². The molecule has 14 heteroatoms. The summed E-state index contributed by atoms with van der Waals surface area (Å²) in [5, 5.41) is 13.7. The molecule has 35 heavy (non-hydrogen) atoms. The molecule has 0 spiro atoms. The van der Waals surface area contributed by atoms with Crippen molar-refractivity contribution < 1.29 is 35.6 Å². The Bertz CT molecular complexity index is 1090.